The first-order chi connectivity index (χ1) is 11.4. The maximum absolute atomic E-state index is 12.1. The number of aromatic nitrogens is 3. The Morgan fingerprint density at radius 2 is 2.12 bits per heavy atom. The van der Waals surface area contributed by atoms with Gasteiger partial charge < -0.3 is 5.32 Å². The van der Waals surface area contributed by atoms with Crippen LogP contribution in [0.3, 0.4) is 0 Å². The SMILES string of the molecule is C[C@@H](NC(=O)C[C@@H]1C=CS(=O)(=O)C1)c1ccc(-n2cncn2)cc1. The van der Waals surface area contributed by atoms with E-state index in [1.807, 2.05) is 31.2 Å². The highest BCUT2D eigenvalue weighted by Gasteiger charge is 2.24. The lowest BCUT2D eigenvalue weighted by Gasteiger charge is -2.16. The van der Waals surface area contributed by atoms with E-state index in [1.165, 1.54) is 11.7 Å². The number of nitrogens with one attached hydrogen (secondary N) is 1. The molecule has 0 aliphatic carbocycles. The summed E-state index contributed by atoms with van der Waals surface area (Å²) in [6, 6.07) is 7.48. The summed E-state index contributed by atoms with van der Waals surface area (Å²) in [6.07, 6.45) is 4.85. The molecule has 1 aromatic carbocycles. The van der Waals surface area contributed by atoms with Gasteiger partial charge in [0, 0.05) is 17.7 Å². The Morgan fingerprint density at radius 3 is 2.71 bits per heavy atom. The van der Waals surface area contributed by atoms with Gasteiger partial charge >= 0.3 is 0 Å². The van der Waals surface area contributed by atoms with Gasteiger partial charge in [0.2, 0.25) is 5.91 Å². The molecular weight excluding hydrogens is 328 g/mol. The van der Waals surface area contributed by atoms with Crippen LogP contribution in [0.1, 0.15) is 24.9 Å². The predicted octanol–water partition coefficient (Wildman–Crippen LogP) is 1.39. The predicted molar refractivity (Wildman–Crippen MR) is 89.0 cm³/mol. The molecule has 0 spiro atoms. The minimum absolute atomic E-state index is 0.0153. The zero-order valence-corrected chi connectivity index (χ0v) is 14.0. The largest absolute Gasteiger partial charge is 0.350 e. The van der Waals surface area contributed by atoms with E-state index < -0.39 is 9.84 Å². The first-order valence-corrected chi connectivity index (χ1v) is 9.30. The van der Waals surface area contributed by atoms with Crippen LogP contribution in [0.4, 0.5) is 0 Å². The summed E-state index contributed by atoms with van der Waals surface area (Å²) in [5.41, 5.74) is 1.85. The first kappa shape index (κ1) is 16.4. The third-order valence-electron chi connectivity index (χ3n) is 3.91. The highest BCUT2D eigenvalue weighted by molar-refractivity contribution is 7.94. The Morgan fingerprint density at radius 1 is 1.38 bits per heavy atom. The van der Waals surface area contributed by atoms with Crippen molar-refractivity contribution in [1.29, 1.82) is 0 Å². The Balaban J connectivity index is 1.57. The molecule has 2 aromatic rings. The van der Waals surface area contributed by atoms with Gasteiger partial charge in [-0.3, -0.25) is 4.79 Å². The van der Waals surface area contributed by atoms with Crippen molar-refractivity contribution in [3.05, 3.63) is 54.0 Å². The summed E-state index contributed by atoms with van der Waals surface area (Å²) in [5.74, 6) is -0.381. The molecule has 1 amide bonds. The Bertz CT molecular complexity index is 842. The van der Waals surface area contributed by atoms with Crippen LogP contribution in [-0.4, -0.2) is 34.8 Å². The van der Waals surface area contributed by atoms with E-state index in [-0.39, 0.29) is 30.0 Å². The van der Waals surface area contributed by atoms with Gasteiger partial charge in [0.1, 0.15) is 12.7 Å². The molecule has 0 unspecified atom stereocenters. The zero-order chi connectivity index (χ0) is 17.2. The minimum Gasteiger partial charge on any atom is -0.350 e. The van der Waals surface area contributed by atoms with Crippen molar-refractivity contribution in [1.82, 2.24) is 20.1 Å². The van der Waals surface area contributed by atoms with Crippen molar-refractivity contribution in [3.63, 3.8) is 0 Å². The smallest absolute Gasteiger partial charge is 0.221 e. The fraction of sp³-hybridized carbons (Fsp3) is 0.312. The number of allylic oxidation sites excluding steroid dienone is 1. The van der Waals surface area contributed by atoms with E-state index in [9.17, 15) is 13.2 Å². The van der Waals surface area contributed by atoms with E-state index in [1.54, 1.807) is 17.1 Å². The van der Waals surface area contributed by atoms with E-state index in [2.05, 4.69) is 15.4 Å². The van der Waals surface area contributed by atoms with E-state index >= 15 is 0 Å². The molecule has 24 heavy (non-hydrogen) atoms. The van der Waals surface area contributed by atoms with Crippen LogP contribution >= 0.6 is 0 Å². The second kappa shape index (κ2) is 6.56. The lowest BCUT2D eigenvalue weighted by Crippen LogP contribution is -2.28. The zero-order valence-electron chi connectivity index (χ0n) is 13.2. The number of carbonyl (C=O) groups is 1. The maximum Gasteiger partial charge on any atom is 0.221 e. The first-order valence-electron chi connectivity index (χ1n) is 7.58. The molecule has 1 aliphatic rings. The van der Waals surface area contributed by atoms with Crippen molar-refractivity contribution >= 4 is 15.7 Å². The second-order valence-electron chi connectivity index (χ2n) is 5.84. The summed E-state index contributed by atoms with van der Waals surface area (Å²) in [6.45, 7) is 1.89. The number of sulfone groups is 1. The molecule has 1 N–H and O–H groups in total. The molecule has 0 bridgehead atoms. The van der Waals surface area contributed by atoms with Gasteiger partial charge in [0.05, 0.1) is 17.5 Å². The Kier molecular flexibility index (Phi) is 4.48. The van der Waals surface area contributed by atoms with Gasteiger partial charge in [0.25, 0.3) is 0 Å². The highest BCUT2D eigenvalue weighted by Crippen LogP contribution is 2.20. The summed E-state index contributed by atoms with van der Waals surface area (Å²) in [7, 11) is -3.12. The van der Waals surface area contributed by atoms with Gasteiger partial charge in [-0.15, -0.1) is 0 Å². The number of nitrogens with zero attached hydrogens (tertiary/aromatic N) is 3. The normalized spacial score (nSPS) is 20.0. The Hall–Kier alpha value is -2.48. The lowest BCUT2D eigenvalue weighted by atomic mass is 10.1. The molecular formula is C16H18N4O3S. The summed E-state index contributed by atoms with van der Waals surface area (Å²) in [4.78, 5) is 16.0. The molecule has 0 radical (unpaired) electrons. The molecule has 0 saturated carbocycles. The van der Waals surface area contributed by atoms with Gasteiger partial charge in [-0.25, -0.2) is 18.1 Å². The molecule has 0 fully saturated rings. The molecule has 2 heterocycles. The van der Waals surface area contributed by atoms with Crippen molar-refractivity contribution < 1.29 is 13.2 Å². The number of rotatable bonds is 5. The van der Waals surface area contributed by atoms with Gasteiger partial charge in [-0.1, -0.05) is 18.2 Å². The minimum atomic E-state index is -3.12. The summed E-state index contributed by atoms with van der Waals surface area (Å²) in [5, 5.41) is 8.15. The van der Waals surface area contributed by atoms with Crippen LogP contribution in [0.5, 0.6) is 0 Å². The van der Waals surface area contributed by atoms with Crippen molar-refractivity contribution in [2.75, 3.05) is 5.75 Å². The number of hydrogen-bond donors (Lipinski definition) is 1. The van der Waals surface area contributed by atoms with Gasteiger partial charge in [0.15, 0.2) is 9.84 Å². The van der Waals surface area contributed by atoms with E-state index in [4.69, 9.17) is 0 Å². The summed E-state index contributed by atoms with van der Waals surface area (Å²) < 4.78 is 24.4. The standard InChI is InChI=1S/C16H18N4O3S/c1-12(19-16(21)8-13-6-7-24(22,23)9-13)14-2-4-15(5-3-14)20-11-17-10-18-20/h2-7,10-13H,8-9H2,1H3,(H,19,21)/t12-,13+/m1/s1. The quantitative estimate of drug-likeness (QED) is 0.883. The van der Waals surface area contributed by atoms with Crippen molar-refractivity contribution in [2.45, 2.75) is 19.4 Å². The molecule has 7 nitrogen and oxygen atoms in total. The van der Waals surface area contributed by atoms with Crippen LogP contribution < -0.4 is 5.32 Å². The molecule has 0 saturated heterocycles. The summed E-state index contributed by atoms with van der Waals surface area (Å²) >= 11 is 0. The topological polar surface area (TPSA) is 94.0 Å². The molecule has 8 heteroatoms. The van der Waals surface area contributed by atoms with E-state index in [0.717, 1.165) is 11.3 Å². The number of amides is 1. The molecule has 1 aliphatic heterocycles. The number of carbonyl (C=O) groups excluding carboxylic acids is 1. The van der Waals surface area contributed by atoms with Gasteiger partial charge in [-0.2, -0.15) is 5.10 Å². The van der Waals surface area contributed by atoms with Crippen LogP contribution in [-0.2, 0) is 14.6 Å². The number of hydrogen-bond acceptors (Lipinski definition) is 5. The molecule has 2 atom stereocenters. The van der Waals surface area contributed by atoms with Crippen LogP contribution in [0.2, 0.25) is 0 Å². The van der Waals surface area contributed by atoms with Crippen molar-refractivity contribution in [2.24, 2.45) is 5.92 Å². The molecule has 3 rings (SSSR count). The van der Waals surface area contributed by atoms with Crippen LogP contribution in [0.15, 0.2) is 48.4 Å². The fourth-order valence-electron chi connectivity index (χ4n) is 2.65. The number of benzene rings is 1. The third-order valence-corrected chi connectivity index (χ3v) is 5.37. The average Bonchev–Trinajstić information content (AvgIpc) is 3.17. The van der Waals surface area contributed by atoms with Gasteiger partial charge in [-0.05, 0) is 24.6 Å². The van der Waals surface area contributed by atoms with E-state index in [0.29, 0.717) is 0 Å². The molecule has 126 valence electrons. The van der Waals surface area contributed by atoms with Crippen LogP contribution in [0, 0.1) is 5.92 Å². The van der Waals surface area contributed by atoms with Crippen LogP contribution in [0.25, 0.3) is 5.69 Å². The van der Waals surface area contributed by atoms with Crippen molar-refractivity contribution in [3.8, 4) is 5.69 Å². The third kappa shape index (κ3) is 3.88. The maximum atomic E-state index is 12.1. The highest BCUT2D eigenvalue weighted by atomic mass is 32.2. The molecule has 1 aromatic heterocycles. The average molecular weight is 346 g/mol. The fourth-order valence-corrected chi connectivity index (χ4v) is 4.04. The Labute approximate surface area is 140 Å². The monoisotopic (exact) mass is 346 g/mol. The second-order valence-corrected chi connectivity index (χ2v) is 7.77. The lowest BCUT2D eigenvalue weighted by molar-refractivity contribution is -0.122.